The zero-order valence-corrected chi connectivity index (χ0v) is 24.8. The number of aromatic nitrogens is 2. The molecule has 1 aromatic heterocycles. The van der Waals surface area contributed by atoms with Gasteiger partial charge in [-0.15, -0.1) is 12.4 Å². The van der Waals surface area contributed by atoms with E-state index in [9.17, 15) is 19.2 Å². The zero-order chi connectivity index (χ0) is 31.9. The van der Waals surface area contributed by atoms with Crippen LogP contribution in [0.1, 0.15) is 43.0 Å². The molecule has 1 amide bonds. The molecule has 0 fully saturated rings. The van der Waals surface area contributed by atoms with E-state index in [-0.39, 0.29) is 60.3 Å². The van der Waals surface area contributed by atoms with Crippen LogP contribution in [0.2, 0.25) is 0 Å². The van der Waals surface area contributed by atoms with Crippen LogP contribution in [-0.2, 0) is 9.59 Å². The second kappa shape index (κ2) is 18.3. The average Bonchev–Trinajstić information content (AvgIpc) is 2.94. The molecule has 0 spiro atoms. The number of nitrogen functional groups attached to an aromatic ring is 1. The Bertz CT molecular complexity index is 1370. The van der Waals surface area contributed by atoms with Crippen molar-refractivity contribution in [3.05, 3.63) is 40.2 Å². The number of anilines is 4. The number of unbranched alkanes of at least 4 members (excludes halogenated alkanes) is 1. The lowest BCUT2D eigenvalue weighted by Crippen LogP contribution is -2.41. The number of amides is 1. The fourth-order valence-electron chi connectivity index (χ4n) is 3.63. The van der Waals surface area contributed by atoms with Crippen LogP contribution in [0.5, 0.6) is 0 Å². The number of nitrogens with one attached hydrogen (secondary N) is 7. The van der Waals surface area contributed by atoms with E-state index in [1.54, 1.807) is 12.1 Å². The first-order valence-electron chi connectivity index (χ1n) is 13.3. The lowest BCUT2D eigenvalue weighted by Gasteiger charge is -2.27. The summed E-state index contributed by atoms with van der Waals surface area (Å²) in [6.45, 7) is 3.72. The number of aromatic amines is 1. The van der Waals surface area contributed by atoms with Gasteiger partial charge in [0.05, 0.1) is 6.04 Å². The van der Waals surface area contributed by atoms with Crippen LogP contribution in [0, 0.1) is 5.41 Å². The standard InChI is InChI=1S/C19H23N7O6.C6H15N5.ClH/c20-19-25-15-14(17(30)26-19)23-11(8-22-15)7-21-10-3-1-9(2-4-10)16(29)24-12(18(31)32)5-6-13(27)28;1-2-3-4-10-6(9)11-5(7)8;/h1-4,11-12,21,23H,5-8H2,(H,24,29)(H,27,28)(H,31,32)(H4,20,22,25,26,30);2-4H2,1H3,(H6,7,8,9,10,11);1H/t11?,12-;;/m0../s1. The van der Waals surface area contributed by atoms with E-state index in [1.165, 1.54) is 12.1 Å². The number of carboxylic acids is 2. The molecule has 1 aliphatic rings. The number of halogens is 1. The fourth-order valence-corrected chi connectivity index (χ4v) is 3.63. The Hall–Kier alpha value is -5.26. The van der Waals surface area contributed by atoms with Crippen molar-refractivity contribution in [2.45, 2.75) is 44.7 Å². The number of aliphatic imine (C=N–C) groups is 1. The molecule has 242 valence electrons. The number of carbonyl (C=O) groups excluding carboxylic acids is 1. The van der Waals surface area contributed by atoms with Crippen molar-refractivity contribution in [1.82, 2.24) is 20.6 Å². The third kappa shape index (κ3) is 12.7. The van der Waals surface area contributed by atoms with Crippen LogP contribution in [-0.4, -0.2) is 81.7 Å². The summed E-state index contributed by atoms with van der Waals surface area (Å²) in [5, 5.41) is 38.7. The number of carboxylic acid groups (broad SMARTS) is 2. The average molecular weight is 639 g/mol. The zero-order valence-electron chi connectivity index (χ0n) is 24.0. The Morgan fingerprint density at radius 2 is 1.89 bits per heavy atom. The van der Waals surface area contributed by atoms with Crippen LogP contribution in [0.15, 0.2) is 34.1 Å². The topological polar surface area (TPSA) is 312 Å². The van der Waals surface area contributed by atoms with Crippen molar-refractivity contribution in [2.75, 3.05) is 41.3 Å². The highest BCUT2D eigenvalue weighted by Crippen LogP contribution is 2.20. The van der Waals surface area contributed by atoms with Crippen LogP contribution < -0.4 is 49.3 Å². The van der Waals surface area contributed by atoms with Crippen molar-refractivity contribution in [3.8, 4) is 0 Å². The number of H-pyrrole nitrogens is 1. The number of nitrogens with zero attached hydrogens (tertiary/aromatic N) is 2. The maximum Gasteiger partial charge on any atom is 0.326 e. The van der Waals surface area contributed by atoms with E-state index in [0.29, 0.717) is 36.8 Å². The molecular formula is C25H39ClN12O6. The highest BCUT2D eigenvalue weighted by molar-refractivity contribution is 5.97. The normalized spacial score (nSPS) is 14.0. The number of carbonyl (C=O) groups is 3. The summed E-state index contributed by atoms with van der Waals surface area (Å²) >= 11 is 0. The van der Waals surface area contributed by atoms with Crippen molar-refractivity contribution >= 4 is 65.3 Å². The van der Waals surface area contributed by atoms with E-state index >= 15 is 0 Å². The first-order valence-corrected chi connectivity index (χ1v) is 13.3. The summed E-state index contributed by atoms with van der Waals surface area (Å²) in [4.78, 5) is 56.5. The molecule has 18 nitrogen and oxygen atoms in total. The van der Waals surface area contributed by atoms with Gasteiger partial charge in [-0.2, -0.15) is 4.98 Å². The minimum atomic E-state index is -1.30. The molecule has 2 atom stereocenters. The number of rotatable bonds is 12. The summed E-state index contributed by atoms with van der Waals surface area (Å²) in [5.74, 6) is -2.60. The van der Waals surface area contributed by atoms with Gasteiger partial charge in [0.25, 0.3) is 11.5 Å². The Morgan fingerprint density at radius 1 is 1.20 bits per heavy atom. The van der Waals surface area contributed by atoms with Gasteiger partial charge >= 0.3 is 11.9 Å². The van der Waals surface area contributed by atoms with Gasteiger partial charge in [0.15, 0.2) is 17.7 Å². The van der Waals surface area contributed by atoms with Crippen LogP contribution in [0.4, 0.5) is 23.1 Å². The first-order chi connectivity index (χ1) is 20.4. The number of hydrogen-bond donors (Lipinski definition) is 12. The minimum Gasteiger partial charge on any atom is -0.481 e. The number of aliphatic carboxylic acids is 2. The molecule has 0 aliphatic carbocycles. The van der Waals surface area contributed by atoms with Gasteiger partial charge in [-0.1, -0.05) is 13.3 Å². The van der Waals surface area contributed by atoms with Crippen molar-refractivity contribution in [3.63, 3.8) is 0 Å². The molecule has 3 rings (SSSR count). The summed E-state index contributed by atoms with van der Waals surface area (Å²) in [7, 11) is 0. The SMILES string of the molecule is CCCCN=C(N)NC(=N)N.Cl.Nc1nc2c(c(=O)[nH]1)NC(CNc1ccc(C(=O)N[C@@H](CCC(=O)O)C(=O)O)cc1)CN2. The molecule has 0 bridgehead atoms. The van der Waals surface area contributed by atoms with E-state index in [2.05, 4.69) is 48.5 Å². The van der Waals surface area contributed by atoms with Gasteiger partial charge in [0.1, 0.15) is 11.7 Å². The molecule has 1 aliphatic heterocycles. The van der Waals surface area contributed by atoms with Crippen molar-refractivity contribution in [2.24, 2.45) is 16.5 Å². The number of guanidine groups is 2. The largest absolute Gasteiger partial charge is 0.481 e. The predicted molar refractivity (Wildman–Crippen MR) is 170 cm³/mol. The Kier molecular flexibility index (Phi) is 15.3. The predicted octanol–water partition coefficient (Wildman–Crippen LogP) is -0.276. The lowest BCUT2D eigenvalue weighted by atomic mass is 10.1. The molecule has 2 aromatic rings. The third-order valence-corrected chi connectivity index (χ3v) is 5.81. The molecule has 2 heterocycles. The van der Waals surface area contributed by atoms with Crippen LogP contribution >= 0.6 is 12.4 Å². The second-order valence-electron chi connectivity index (χ2n) is 9.31. The van der Waals surface area contributed by atoms with Gasteiger partial charge in [0.2, 0.25) is 5.95 Å². The van der Waals surface area contributed by atoms with Gasteiger partial charge < -0.3 is 48.7 Å². The van der Waals surface area contributed by atoms with Crippen LogP contribution in [0.25, 0.3) is 0 Å². The lowest BCUT2D eigenvalue weighted by molar-refractivity contribution is -0.140. The first kappa shape index (κ1) is 36.8. The maximum absolute atomic E-state index is 12.3. The van der Waals surface area contributed by atoms with E-state index < -0.39 is 23.9 Å². The van der Waals surface area contributed by atoms with E-state index in [1.807, 2.05) is 0 Å². The fraction of sp³-hybridized carbons (Fsp3) is 0.400. The highest BCUT2D eigenvalue weighted by atomic mass is 35.5. The molecule has 0 radical (unpaired) electrons. The van der Waals surface area contributed by atoms with Gasteiger partial charge in [0, 0.05) is 37.3 Å². The summed E-state index contributed by atoms with van der Waals surface area (Å²) in [6, 6.07) is 4.93. The highest BCUT2D eigenvalue weighted by Gasteiger charge is 2.23. The molecule has 0 saturated heterocycles. The molecule has 19 heteroatoms. The number of fused-ring (bicyclic) bond motifs is 1. The monoisotopic (exact) mass is 638 g/mol. The second-order valence-corrected chi connectivity index (χ2v) is 9.31. The molecule has 1 aromatic carbocycles. The summed E-state index contributed by atoms with van der Waals surface area (Å²) < 4.78 is 0. The molecule has 1 unspecified atom stereocenters. The van der Waals surface area contributed by atoms with Gasteiger partial charge in [-0.25, -0.2) is 4.79 Å². The maximum atomic E-state index is 12.3. The Labute approximate surface area is 258 Å². The van der Waals surface area contributed by atoms with Crippen LogP contribution in [0.3, 0.4) is 0 Å². The number of hydrogen-bond acceptors (Lipinski definition) is 11. The van der Waals surface area contributed by atoms with E-state index in [4.69, 9.17) is 32.8 Å². The number of nitrogens with two attached hydrogens (primary N) is 3. The van der Waals surface area contributed by atoms with Crippen molar-refractivity contribution in [1.29, 1.82) is 5.41 Å². The van der Waals surface area contributed by atoms with Crippen molar-refractivity contribution < 1.29 is 24.6 Å². The molecule has 44 heavy (non-hydrogen) atoms. The third-order valence-electron chi connectivity index (χ3n) is 5.81. The van der Waals surface area contributed by atoms with Gasteiger partial charge in [-0.05, 0) is 37.1 Å². The summed E-state index contributed by atoms with van der Waals surface area (Å²) in [6.07, 6.45) is 1.49. The van der Waals surface area contributed by atoms with Gasteiger partial charge in [-0.3, -0.25) is 35.1 Å². The Morgan fingerprint density at radius 3 is 2.48 bits per heavy atom. The minimum absolute atomic E-state index is 0. The quantitative estimate of drug-likeness (QED) is 0.0808. The summed E-state index contributed by atoms with van der Waals surface area (Å²) in [5.41, 5.74) is 16.7. The van der Waals surface area contributed by atoms with E-state index in [0.717, 1.165) is 12.8 Å². The molecule has 15 N–H and O–H groups in total. The molecular weight excluding hydrogens is 600 g/mol. The number of benzene rings is 1. The Balaban J connectivity index is 0.000000690. The molecule has 0 saturated carbocycles. The smallest absolute Gasteiger partial charge is 0.326 e.